The lowest BCUT2D eigenvalue weighted by molar-refractivity contribution is 0.102. The van der Waals surface area contributed by atoms with Crippen molar-refractivity contribution in [2.75, 3.05) is 5.32 Å². The quantitative estimate of drug-likeness (QED) is 0.356. The van der Waals surface area contributed by atoms with Crippen LogP contribution in [0.1, 0.15) is 10.4 Å². The normalized spacial score (nSPS) is 11.1. The van der Waals surface area contributed by atoms with E-state index in [2.05, 4.69) is 10.3 Å². The predicted octanol–water partition coefficient (Wildman–Crippen LogP) is 6.69. The third kappa shape index (κ3) is 3.29. The molecule has 0 bridgehead atoms. The van der Waals surface area contributed by atoms with Gasteiger partial charge in [0.05, 0.1) is 0 Å². The van der Waals surface area contributed by atoms with Gasteiger partial charge in [-0.05, 0) is 53.9 Å². The number of hydrogen-bond acceptors (Lipinski definition) is 3. The van der Waals surface area contributed by atoms with Gasteiger partial charge in [0.15, 0.2) is 5.58 Å². The number of amides is 1. The summed E-state index contributed by atoms with van der Waals surface area (Å²) >= 11 is 6.25. The number of nitrogens with one attached hydrogen (secondary N) is 1. The van der Waals surface area contributed by atoms with Crippen molar-refractivity contribution in [1.82, 2.24) is 4.98 Å². The molecule has 0 aliphatic rings. The highest BCUT2D eigenvalue weighted by Crippen LogP contribution is 2.28. The summed E-state index contributed by atoms with van der Waals surface area (Å²) in [5, 5.41) is 5.08. The molecule has 4 nitrogen and oxygen atoms in total. The number of hydrogen-bond donors (Lipinski definition) is 1. The second kappa shape index (κ2) is 7.28. The fraction of sp³-hybridized carbons (Fsp3) is 0. The molecule has 0 unspecified atom stereocenters. The van der Waals surface area contributed by atoms with Crippen LogP contribution in [0, 0.1) is 5.82 Å². The van der Waals surface area contributed by atoms with Crippen molar-refractivity contribution in [2.45, 2.75) is 0 Å². The van der Waals surface area contributed by atoms with Gasteiger partial charge in [-0.3, -0.25) is 4.79 Å². The number of carbonyl (C=O) groups excluding carboxylic acids is 1. The van der Waals surface area contributed by atoms with E-state index in [-0.39, 0.29) is 11.7 Å². The summed E-state index contributed by atoms with van der Waals surface area (Å²) in [6.07, 6.45) is 0. The van der Waals surface area contributed by atoms with E-state index in [4.69, 9.17) is 16.0 Å². The van der Waals surface area contributed by atoms with Gasteiger partial charge in [-0.15, -0.1) is 0 Å². The minimum absolute atomic E-state index is 0.254. The van der Waals surface area contributed by atoms with Crippen molar-refractivity contribution >= 4 is 45.1 Å². The SMILES string of the molecule is O=C(Nc1ccc2oc(-c3cccc(F)c3)nc2c1)c1cccc2c(Cl)cccc12. The smallest absolute Gasteiger partial charge is 0.256 e. The maximum absolute atomic E-state index is 13.5. The van der Waals surface area contributed by atoms with Crippen LogP contribution in [-0.4, -0.2) is 10.9 Å². The number of anilines is 1. The average molecular weight is 417 g/mol. The standard InChI is InChI=1S/C24H14ClFN2O2/c25-20-9-3-6-17-18(20)7-2-8-19(17)23(29)27-16-10-11-22-21(13-16)28-24(30-22)14-4-1-5-15(26)12-14/h1-13H,(H,27,29). The maximum Gasteiger partial charge on any atom is 0.256 e. The molecule has 0 saturated heterocycles. The molecular formula is C24H14ClFN2O2. The first-order valence-electron chi connectivity index (χ1n) is 9.23. The van der Waals surface area contributed by atoms with Crippen molar-refractivity contribution in [3.63, 3.8) is 0 Å². The minimum atomic E-state index is -0.363. The van der Waals surface area contributed by atoms with E-state index in [0.29, 0.717) is 38.8 Å². The summed E-state index contributed by atoms with van der Waals surface area (Å²) in [4.78, 5) is 17.3. The largest absolute Gasteiger partial charge is 0.436 e. The Morgan fingerprint density at radius 3 is 2.60 bits per heavy atom. The highest BCUT2D eigenvalue weighted by Gasteiger charge is 2.14. The average Bonchev–Trinajstić information content (AvgIpc) is 3.17. The van der Waals surface area contributed by atoms with E-state index < -0.39 is 0 Å². The van der Waals surface area contributed by atoms with Gasteiger partial charge in [0.1, 0.15) is 11.3 Å². The van der Waals surface area contributed by atoms with E-state index in [9.17, 15) is 9.18 Å². The Bertz CT molecular complexity index is 1430. The zero-order valence-electron chi connectivity index (χ0n) is 15.5. The molecule has 6 heteroatoms. The van der Waals surface area contributed by atoms with Crippen molar-refractivity contribution in [2.24, 2.45) is 0 Å². The van der Waals surface area contributed by atoms with Crippen molar-refractivity contribution in [3.05, 3.63) is 95.3 Å². The fourth-order valence-electron chi connectivity index (χ4n) is 3.42. The molecule has 0 saturated carbocycles. The number of benzene rings is 4. The zero-order valence-corrected chi connectivity index (χ0v) is 16.3. The molecule has 0 atom stereocenters. The summed E-state index contributed by atoms with van der Waals surface area (Å²) in [7, 11) is 0. The lowest BCUT2D eigenvalue weighted by atomic mass is 10.0. The molecular weight excluding hydrogens is 403 g/mol. The van der Waals surface area contributed by atoms with E-state index in [1.165, 1.54) is 12.1 Å². The molecule has 30 heavy (non-hydrogen) atoms. The molecule has 5 rings (SSSR count). The van der Waals surface area contributed by atoms with Crippen molar-refractivity contribution in [3.8, 4) is 11.5 Å². The summed E-state index contributed by atoms with van der Waals surface area (Å²) in [5.74, 6) is -0.300. The van der Waals surface area contributed by atoms with Crippen LogP contribution >= 0.6 is 11.6 Å². The first-order valence-corrected chi connectivity index (χ1v) is 9.61. The van der Waals surface area contributed by atoms with Crippen LogP contribution in [0.5, 0.6) is 0 Å². The number of fused-ring (bicyclic) bond motifs is 2. The van der Waals surface area contributed by atoms with Gasteiger partial charge in [0.2, 0.25) is 5.89 Å². The Morgan fingerprint density at radius 2 is 1.73 bits per heavy atom. The number of aromatic nitrogens is 1. The summed E-state index contributed by atoms with van der Waals surface area (Å²) in [5.41, 5.74) is 2.75. The Labute approximate surface area is 175 Å². The number of nitrogens with zero attached hydrogens (tertiary/aromatic N) is 1. The van der Waals surface area contributed by atoms with Gasteiger partial charge in [-0.2, -0.15) is 0 Å². The van der Waals surface area contributed by atoms with Crippen LogP contribution < -0.4 is 5.32 Å². The fourth-order valence-corrected chi connectivity index (χ4v) is 3.66. The summed E-state index contributed by atoms with van der Waals surface area (Å²) in [6.45, 7) is 0. The molecule has 4 aromatic carbocycles. The second-order valence-corrected chi connectivity index (χ2v) is 7.21. The lowest BCUT2D eigenvalue weighted by Gasteiger charge is -2.09. The van der Waals surface area contributed by atoms with Crippen LogP contribution in [0.3, 0.4) is 0 Å². The molecule has 0 aliphatic heterocycles. The maximum atomic E-state index is 13.5. The van der Waals surface area contributed by atoms with Gasteiger partial charge in [0.25, 0.3) is 5.91 Å². The number of oxazole rings is 1. The van der Waals surface area contributed by atoms with Crippen LogP contribution in [0.4, 0.5) is 10.1 Å². The number of rotatable bonds is 3. The Balaban J connectivity index is 1.47. The molecule has 5 aromatic rings. The van der Waals surface area contributed by atoms with Gasteiger partial charge in [0, 0.05) is 27.2 Å². The van der Waals surface area contributed by atoms with Gasteiger partial charge < -0.3 is 9.73 Å². The van der Waals surface area contributed by atoms with Crippen molar-refractivity contribution in [1.29, 1.82) is 0 Å². The van der Waals surface area contributed by atoms with Crippen LogP contribution in [-0.2, 0) is 0 Å². The molecule has 0 radical (unpaired) electrons. The molecule has 0 aliphatic carbocycles. The minimum Gasteiger partial charge on any atom is -0.436 e. The number of halogens is 2. The highest BCUT2D eigenvalue weighted by atomic mass is 35.5. The Hall–Kier alpha value is -3.70. The Kier molecular flexibility index (Phi) is 4.45. The first kappa shape index (κ1) is 18.3. The van der Waals surface area contributed by atoms with E-state index in [1.54, 1.807) is 48.5 Å². The van der Waals surface area contributed by atoms with E-state index in [1.807, 2.05) is 18.2 Å². The van der Waals surface area contributed by atoms with Crippen molar-refractivity contribution < 1.29 is 13.6 Å². The second-order valence-electron chi connectivity index (χ2n) is 6.81. The van der Waals surface area contributed by atoms with Crippen LogP contribution in [0.25, 0.3) is 33.3 Å². The van der Waals surface area contributed by atoms with E-state index >= 15 is 0 Å². The third-order valence-electron chi connectivity index (χ3n) is 4.83. The van der Waals surface area contributed by atoms with Gasteiger partial charge in [-0.25, -0.2) is 9.37 Å². The molecule has 1 aromatic heterocycles. The summed E-state index contributed by atoms with van der Waals surface area (Å²) in [6, 6.07) is 22.1. The first-order chi connectivity index (χ1) is 14.6. The molecule has 146 valence electrons. The Morgan fingerprint density at radius 1 is 0.933 bits per heavy atom. The van der Waals surface area contributed by atoms with Crippen LogP contribution in [0.2, 0.25) is 5.02 Å². The molecule has 1 N–H and O–H groups in total. The third-order valence-corrected chi connectivity index (χ3v) is 5.16. The molecule has 1 heterocycles. The number of carbonyl (C=O) groups is 1. The monoisotopic (exact) mass is 416 g/mol. The molecule has 1 amide bonds. The zero-order chi connectivity index (χ0) is 20.7. The highest BCUT2D eigenvalue weighted by molar-refractivity contribution is 6.36. The van der Waals surface area contributed by atoms with Gasteiger partial charge in [-0.1, -0.05) is 41.9 Å². The van der Waals surface area contributed by atoms with Gasteiger partial charge >= 0.3 is 0 Å². The summed E-state index contributed by atoms with van der Waals surface area (Å²) < 4.78 is 19.2. The molecule has 0 fully saturated rings. The predicted molar refractivity (Wildman–Crippen MR) is 116 cm³/mol. The topological polar surface area (TPSA) is 55.1 Å². The van der Waals surface area contributed by atoms with Crippen LogP contribution in [0.15, 0.2) is 83.3 Å². The molecule has 0 spiro atoms. The van der Waals surface area contributed by atoms with E-state index in [0.717, 1.165) is 10.8 Å². The lowest BCUT2D eigenvalue weighted by Crippen LogP contribution is -2.12.